The topological polar surface area (TPSA) is 74.2 Å². The maximum Gasteiger partial charge on any atom is 0.404 e. The van der Waals surface area contributed by atoms with E-state index in [0.29, 0.717) is 18.5 Å². The normalized spacial score (nSPS) is 16.5. The van der Waals surface area contributed by atoms with Gasteiger partial charge in [0.25, 0.3) is 0 Å². The van der Waals surface area contributed by atoms with E-state index in [9.17, 15) is 9.18 Å². The molecule has 0 radical (unpaired) electrons. The summed E-state index contributed by atoms with van der Waals surface area (Å²) in [5.41, 5.74) is 3.82. The van der Waals surface area contributed by atoms with Gasteiger partial charge in [0.05, 0.1) is 0 Å². The van der Waals surface area contributed by atoms with Gasteiger partial charge in [-0.15, -0.1) is 0 Å². The Morgan fingerprint density at radius 1 is 1.35 bits per heavy atom. The van der Waals surface area contributed by atoms with Crippen molar-refractivity contribution in [3.63, 3.8) is 0 Å². The van der Waals surface area contributed by atoms with E-state index >= 15 is 0 Å². The molecule has 5 nitrogen and oxygen atoms in total. The third kappa shape index (κ3) is 3.77. The van der Waals surface area contributed by atoms with Crippen LogP contribution in [0.25, 0.3) is 0 Å². The second-order valence-electron chi connectivity index (χ2n) is 5.68. The molecule has 3 rings (SSSR count). The zero-order valence-corrected chi connectivity index (χ0v) is 12.6. The van der Waals surface area contributed by atoms with Gasteiger partial charge < -0.3 is 15.7 Å². The van der Waals surface area contributed by atoms with E-state index < -0.39 is 12.0 Å². The Labute approximate surface area is 133 Å². The number of fused-ring (bicyclic) bond motifs is 1. The Hall–Kier alpha value is -2.63. The second-order valence-corrected chi connectivity index (χ2v) is 5.68. The lowest BCUT2D eigenvalue weighted by Gasteiger charge is -2.25. The number of nitrogens with zero attached hydrogens (tertiary/aromatic N) is 1. The average molecular weight is 315 g/mol. The number of hydrogen-bond donors (Lipinski definition) is 3. The van der Waals surface area contributed by atoms with E-state index in [-0.39, 0.29) is 6.04 Å². The quantitative estimate of drug-likeness (QED) is 0.758. The van der Waals surface area contributed by atoms with E-state index in [2.05, 4.69) is 21.7 Å². The molecule has 0 aliphatic heterocycles. The van der Waals surface area contributed by atoms with Crippen LogP contribution in [0.15, 0.2) is 36.5 Å². The Kier molecular flexibility index (Phi) is 4.41. The molecular formula is C17H18FN3O2. The second kappa shape index (κ2) is 6.64. The van der Waals surface area contributed by atoms with Crippen LogP contribution in [0.1, 0.15) is 23.1 Å². The van der Waals surface area contributed by atoms with Crippen LogP contribution in [-0.2, 0) is 19.4 Å². The van der Waals surface area contributed by atoms with Crippen molar-refractivity contribution < 1.29 is 14.3 Å². The number of amides is 1. The number of carbonyl (C=O) groups is 1. The number of hydrogen-bond acceptors (Lipinski definition) is 3. The fraction of sp³-hybridized carbons (Fsp3) is 0.294. The maximum atomic E-state index is 13.5. The van der Waals surface area contributed by atoms with Crippen LogP contribution in [0.4, 0.5) is 14.9 Å². The molecule has 23 heavy (non-hydrogen) atoms. The molecular weight excluding hydrogens is 297 g/mol. The zero-order chi connectivity index (χ0) is 16.2. The van der Waals surface area contributed by atoms with Gasteiger partial charge in [-0.2, -0.15) is 4.39 Å². The summed E-state index contributed by atoms with van der Waals surface area (Å²) in [5, 5.41) is 14.5. The van der Waals surface area contributed by atoms with Crippen molar-refractivity contribution in [3.05, 3.63) is 59.2 Å². The minimum Gasteiger partial charge on any atom is -0.465 e. The minimum absolute atomic E-state index is 0.0247. The van der Waals surface area contributed by atoms with Crippen molar-refractivity contribution in [2.75, 3.05) is 5.32 Å². The highest BCUT2D eigenvalue weighted by Crippen LogP contribution is 2.25. The highest BCUT2D eigenvalue weighted by Gasteiger charge is 2.20. The van der Waals surface area contributed by atoms with Crippen LogP contribution in [0.5, 0.6) is 0 Å². The van der Waals surface area contributed by atoms with Gasteiger partial charge in [0, 0.05) is 30.0 Å². The molecule has 1 amide bonds. The first kappa shape index (κ1) is 15.3. The van der Waals surface area contributed by atoms with Gasteiger partial charge in [-0.3, -0.25) is 0 Å². The monoisotopic (exact) mass is 315 g/mol. The highest BCUT2D eigenvalue weighted by molar-refractivity contribution is 5.65. The molecule has 1 aromatic carbocycles. The van der Waals surface area contributed by atoms with Crippen molar-refractivity contribution in [2.24, 2.45) is 0 Å². The first-order chi connectivity index (χ1) is 11.1. The van der Waals surface area contributed by atoms with Crippen LogP contribution >= 0.6 is 0 Å². The maximum absolute atomic E-state index is 13.5. The number of aryl methyl sites for hydroxylation is 1. The fourth-order valence-corrected chi connectivity index (χ4v) is 2.91. The molecule has 120 valence electrons. The zero-order valence-electron chi connectivity index (χ0n) is 12.6. The molecule has 6 heteroatoms. The summed E-state index contributed by atoms with van der Waals surface area (Å²) in [6, 6.07) is 9.39. The lowest BCUT2D eigenvalue weighted by Crippen LogP contribution is -2.37. The molecule has 3 N–H and O–H groups in total. The highest BCUT2D eigenvalue weighted by atomic mass is 19.1. The largest absolute Gasteiger partial charge is 0.465 e. The molecule has 0 saturated heterocycles. The number of benzene rings is 1. The molecule has 0 bridgehead atoms. The summed E-state index contributed by atoms with van der Waals surface area (Å²) >= 11 is 0. The van der Waals surface area contributed by atoms with Crippen LogP contribution < -0.4 is 10.6 Å². The standard InChI is InChI=1S/C17H18FN3O2/c18-16-13(2-1-7-19-16)10-20-14-5-3-12-9-15(21-17(22)23)6-4-11(12)8-14/h1-3,5,7-8,15,20-21H,4,6,9-10H2,(H,22,23). The first-order valence-corrected chi connectivity index (χ1v) is 7.56. The summed E-state index contributed by atoms with van der Waals surface area (Å²) < 4.78 is 13.5. The van der Waals surface area contributed by atoms with Crippen molar-refractivity contribution in [3.8, 4) is 0 Å². The molecule has 1 unspecified atom stereocenters. The summed E-state index contributed by atoms with van der Waals surface area (Å²) in [5.74, 6) is -0.458. The Balaban J connectivity index is 1.65. The SMILES string of the molecule is O=C(O)NC1CCc2cc(NCc3cccnc3F)ccc2C1. The molecule has 0 saturated carbocycles. The predicted molar refractivity (Wildman–Crippen MR) is 84.9 cm³/mol. The Bertz CT molecular complexity index is 721. The van der Waals surface area contributed by atoms with Crippen molar-refractivity contribution >= 4 is 11.8 Å². The number of halogens is 1. The third-order valence-corrected chi connectivity index (χ3v) is 4.08. The lowest BCUT2D eigenvalue weighted by atomic mass is 9.88. The van der Waals surface area contributed by atoms with E-state index in [4.69, 9.17) is 5.11 Å². The predicted octanol–water partition coefficient (Wildman–Crippen LogP) is 2.96. The number of pyridine rings is 1. The summed E-state index contributed by atoms with van der Waals surface area (Å²) in [4.78, 5) is 14.4. The van der Waals surface area contributed by atoms with Crippen LogP contribution in [0.2, 0.25) is 0 Å². The minimum atomic E-state index is -0.977. The van der Waals surface area contributed by atoms with Crippen LogP contribution in [0, 0.1) is 5.95 Å². The molecule has 1 atom stereocenters. The Morgan fingerprint density at radius 3 is 3.00 bits per heavy atom. The number of aromatic nitrogens is 1. The van der Waals surface area contributed by atoms with Gasteiger partial charge in [0.15, 0.2) is 0 Å². The summed E-state index contributed by atoms with van der Waals surface area (Å²) in [6.45, 7) is 0.377. The van der Waals surface area contributed by atoms with Crippen LogP contribution in [-0.4, -0.2) is 22.2 Å². The third-order valence-electron chi connectivity index (χ3n) is 4.08. The molecule has 0 spiro atoms. The average Bonchev–Trinajstić information content (AvgIpc) is 2.53. The number of nitrogens with one attached hydrogen (secondary N) is 2. The number of carboxylic acid groups (broad SMARTS) is 1. The molecule has 1 aliphatic rings. The van der Waals surface area contributed by atoms with Gasteiger partial charge >= 0.3 is 6.09 Å². The van der Waals surface area contributed by atoms with Crippen molar-refractivity contribution in [1.29, 1.82) is 0 Å². The first-order valence-electron chi connectivity index (χ1n) is 7.56. The fourth-order valence-electron chi connectivity index (χ4n) is 2.91. The summed E-state index contributed by atoms with van der Waals surface area (Å²) in [6.07, 6.45) is 2.78. The molecule has 2 aromatic rings. The smallest absolute Gasteiger partial charge is 0.404 e. The van der Waals surface area contributed by atoms with Gasteiger partial charge in [0.2, 0.25) is 5.95 Å². The lowest BCUT2D eigenvalue weighted by molar-refractivity contribution is 0.188. The molecule has 1 heterocycles. The van der Waals surface area contributed by atoms with Crippen molar-refractivity contribution in [1.82, 2.24) is 10.3 Å². The van der Waals surface area contributed by atoms with E-state index in [0.717, 1.165) is 24.1 Å². The van der Waals surface area contributed by atoms with Gasteiger partial charge in [-0.05, 0) is 48.6 Å². The van der Waals surface area contributed by atoms with Gasteiger partial charge in [-0.25, -0.2) is 9.78 Å². The molecule has 1 aliphatic carbocycles. The molecule has 1 aromatic heterocycles. The van der Waals surface area contributed by atoms with E-state index in [1.165, 1.54) is 11.8 Å². The number of anilines is 1. The van der Waals surface area contributed by atoms with E-state index in [1.807, 2.05) is 12.1 Å². The van der Waals surface area contributed by atoms with Crippen molar-refractivity contribution in [2.45, 2.75) is 31.8 Å². The Morgan fingerprint density at radius 2 is 2.22 bits per heavy atom. The number of rotatable bonds is 4. The van der Waals surface area contributed by atoms with Gasteiger partial charge in [-0.1, -0.05) is 12.1 Å². The molecule has 0 fully saturated rings. The van der Waals surface area contributed by atoms with Gasteiger partial charge in [0.1, 0.15) is 0 Å². The van der Waals surface area contributed by atoms with Crippen LogP contribution in [0.3, 0.4) is 0 Å². The summed E-state index contributed by atoms with van der Waals surface area (Å²) in [7, 11) is 0. The van der Waals surface area contributed by atoms with E-state index in [1.54, 1.807) is 12.1 Å².